The van der Waals surface area contributed by atoms with E-state index in [2.05, 4.69) is 34.6 Å². The molecule has 0 fully saturated rings. The van der Waals surface area contributed by atoms with E-state index in [-0.39, 0.29) is 5.91 Å². The Morgan fingerprint density at radius 2 is 1.91 bits per heavy atom. The lowest BCUT2D eigenvalue weighted by molar-refractivity contribution is 0.0977. The van der Waals surface area contributed by atoms with Gasteiger partial charge < -0.3 is 10.1 Å². The summed E-state index contributed by atoms with van der Waals surface area (Å²) in [6.45, 7) is 9.48. The van der Waals surface area contributed by atoms with Crippen LogP contribution < -0.4 is 15.4 Å². The fraction of sp³-hybridized carbons (Fsp3) is 0.320. The Morgan fingerprint density at radius 3 is 2.59 bits per heavy atom. The van der Waals surface area contributed by atoms with E-state index in [4.69, 9.17) is 4.74 Å². The van der Waals surface area contributed by atoms with Crippen LogP contribution in [0.4, 0.5) is 5.69 Å². The van der Waals surface area contributed by atoms with Gasteiger partial charge in [-0.25, -0.2) is 0 Å². The number of benzene rings is 2. The number of nitrogens with one attached hydrogen (secondary N) is 2. The summed E-state index contributed by atoms with van der Waals surface area (Å²) in [5.74, 6) is 0.820. The smallest absolute Gasteiger partial charge is 0.257 e. The topological polar surface area (TPSA) is 80.5 Å². The van der Waals surface area contributed by atoms with Gasteiger partial charge in [0.2, 0.25) is 5.96 Å². The lowest BCUT2D eigenvalue weighted by atomic mass is 10.1. The number of carbonyl (C=O) groups excluding carboxylic acids is 1. The van der Waals surface area contributed by atoms with E-state index in [0.717, 1.165) is 35.6 Å². The van der Waals surface area contributed by atoms with Crippen molar-refractivity contribution in [2.75, 3.05) is 19.0 Å². The van der Waals surface area contributed by atoms with Crippen molar-refractivity contribution in [2.24, 2.45) is 4.99 Å². The highest BCUT2D eigenvalue weighted by Crippen LogP contribution is 2.23. The third-order valence-electron chi connectivity index (χ3n) is 5.33. The molecule has 7 nitrogen and oxygen atoms in total. The number of ether oxygens (including phenoxy) is 1. The van der Waals surface area contributed by atoms with Gasteiger partial charge >= 0.3 is 0 Å². The van der Waals surface area contributed by atoms with Crippen molar-refractivity contribution in [1.29, 1.82) is 0 Å². The number of aromatic nitrogens is 2. The zero-order chi connectivity index (χ0) is 23.1. The molecule has 0 unspecified atom stereocenters. The molecule has 1 amide bonds. The van der Waals surface area contributed by atoms with Gasteiger partial charge in [-0.1, -0.05) is 29.8 Å². The summed E-state index contributed by atoms with van der Waals surface area (Å²) >= 11 is 0. The summed E-state index contributed by atoms with van der Waals surface area (Å²) in [6.07, 6.45) is 0.731. The second-order valence-corrected chi connectivity index (χ2v) is 7.59. The summed E-state index contributed by atoms with van der Waals surface area (Å²) in [5, 5.41) is 10.7. The molecule has 0 atom stereocenters. The molecule has 2 N–H and O–H groups in total. The van der Waals surface area contributed by atoms with Crippen molar-refractivity contribution in [3.8, 4) is 5.75 Å². The molecule has 0 aliphatic heterocycles. The van der Waals surface area contributed by atoms with Crippen LogP contribution >= 0.6 is 0 Å². The number of aryl methyl sites for hydroxylation is 3. The predicted molar refractivity (Wildman–Crippen MR) is 129 cm³/mol. The second kappa shape index (κ2) is 10.6. The number of carbonyl (C=O) groups is 1. The average Bonchev–Trinajstić information content (AvgIpc) is 3.07. The summed E-state index contributed by atoms with van der Waals surface area (Å²) in [7, 11) is 1.61. The molecule has 2 aromatic carbocycles. The predicted octanol–water partition coefficient (Wildman–Crippen LogP) is 4.28. The number of hydrogen-bond donors (Lipinski definition) is 2. The summed E-state index contributed by atoms with van der Waals surface area (Å²) < 4.78 is 7.43. The molecule has 0 saturated heterocycles. The number of anilines is 1. The molecule has 0 radical (unpaired) electrons. The van der Waals surface area contributed by atoms with Crippen molar-refractivity contribution < 1.29 is 9.53 Å². The van der Waals surface area contributed by atoms with E-state index in [1.807, 2.05) is 61.0 Å². The first-order valence-corrected chi connectivity index (χ1v) is 10.8. The quantitative estimate of drug-likeness (QED) is 0.431. The zero-order valence-electron chi connectivity index (χ0n) is 19.4. The van der Waals surface area contributed by atoms with Gasteiger partial charge in [0.15, 0.2) is 0 Å². The average molecular weight is 434 g/mol. The Kier molecular flexibility index (Phi) is 7.65. The minimum atomic E-state index is -0.221. The lowest BCUT2D eigenvalue weighted by Crippen LogP contribution is -2.36. The molecule has 0 bridgehead atoms. The first kappa shape index (κ1) is 23.1. The highest BCUT2D eigenvalue weighted by Gasteiger charge is 2.13. The largest absolute Gasteiger partial charge is 0.495 e. The monoisotopic (exact) mass is 433 g/mol. The summed E-state index contributed by atoms with van der Waals surface area (Å²) in [6, 6.07) is 15.0. The van der Waals surface area contributed by atoms with E-state index in [9.17, 15) is 4.79 Å². The van der Waals surface area contributed by atoms with Gasteiger partial charge in [-0.15, -0.1) is 0 Å². The van der Waals surface area contributed by atoms with E-state index in [1.54, 1.807) is 13.2 Å². The van der Waals surface area contributed by atoms with Crippen LogP contribution in [-0.4, -0.2) is 35.3 Å². The molecule has 0 aliphatic rings. The maximum Gasteiger partial charge on any atom is 0.257 e. The van der Waals surface area contributed by atoms with Gasteiger partial charge in [-0.2, -0.15) is 5.10 Å². The van der Waals surface area contributed by atoms with Crippen molar-refractivity contribution in [1.82, 2.24) is 15.1 Å². The first-order chi connectivity index (χ1) is 15.4. The molecule has 3 aromatic rings. The number of rotatable bonds is 7. The zero-order valence-corrected chi connectivity index (χ0v) is 19.4. The number of para-hydroxylation sites is 2. The number of hydrogen-bond acceptors (Lipinski definition) is 4. The van der Waals surface area contributed by atoms with Crippen molar-refractivity contribution in [3.63, 3.8) is 0 Å². The minimum Gasteiger partial charge on any atom is -0.495 e. The van der Waals surface area contributed by atoms with Crippen LogP contribution in [0.15, 0.2) is 53.5 Å². The van der Waals surface area contributed by atoms with Crippen LogP contribution in [-0.2, 0) is 13.0 Å². The Balaban J connectivity index is 1.82. The molecule has 0 saturated carbocycles. The van der Waals surface area contributed by atoms with Gasteiger partial charge in [0.05, 0.1) is 18.5 Å². The molecular formula is C25H31N5O2. The van der Waals surface area contributed by atoms with Gasteiger partial charge in [-0.3, -0.25) is 19.8 Å². The molecule has 32 heavy (non-hydrogen) atoms. The van der Waals surface area contributed by atoms with Gasteiger partial charge in [0.1, 0.15) is 5.75 Å². The number of methoxy groups -OCH3 is 1. The minimum absolute atomic E-state index is 0.221. The Hall–Kier alpha value is -3.61. The highest BCUT2D eigenvalue weighted by molar-refractivity contribution is 6.10. The van der Waals surface area contributed by atoms with Gasteiger partial charge in [0.25, 0.3) is 5.91 Å². The molecule has 3 rings (SSSR count). The van der Waals surface area contributed by atoms with Crippen LogP contribution in [0.5, 0.6) is 5.75 Å². The normalized spacial score (nSPS) is 11.3. The maximum absolute atomic E-state index is 12.9. The fourth-order valence-corrected chi connectivity index (χ4v) is 3.63. The highest BCUT2D eigenvalue weighted by atomic mass is 16.5. The standard InChI is InChI=1S/C25H31N5O2/c1-6-30-19(4)21(18(3)29-30)14-15-26-25(27-22-12-7-8-13-23(22)32-5)28-24(31)20-11-9-10-17(2)16-20/h7-13,16H,6,14-15H2,1-5H3,(H2,26,27,28,31). The van der Waals surface area contributed by atoms with Crippen LogP contribution in [0.3, 0.4) is 0 Å². The van der Waals surface area contributed by atoms with E-state index in [0.29, 0.717) is 23.8 Å². The number of aliphatic imine (C=N–C) groups is 1. The molecule has 7 heteroatoms. The van der Waals surface area contributed by atoms with E-state index < -0.39 is 0 Å². The van der Waals surface area contributed by atoms with Crippen molar-refractivity contribution >= 4 is 17.6 Å². The second-order valence-electron chi connectivity index (χ2n) is 7.59. The van der Waals surface area contributed by atoms with Crippen LogP contribution in [0.25, 0.3) is 0 Å². The van der Waals surface area contributed by atoms with Crippen molar-refractivity contribution in [3.05, 3.63) is 76.6 Å². The van der Waals surface area contributed by atoms with Gasteiger partial charge in [-0.05, 0) is 63.9 Å². The Labute approximate surface area is 189 Å². The third-order valence-corrected chi connectivity index (χ3v) is 5.33. The SMILES string of the molecule is CCn1nc(C)c(CCN=C(NC(=O)c2cccc(C)c2)Nc2ccccc2OC)c1C. The number of amides is 1. The van der Waals surface area contributed by atoms with E-state index in [1.165, 1.54) is 5.56 Å². The van der Waals surface area contributed by atoms with Gasteiger partial charge in [0, 0.05) is 24.3 Å². The van der Waals surface area contributed by atoms with Crippen LogP contribution in [0.2, 0.25) is 0 Å². The molecule has 0 aliphatic carbocycles. The number of guanidine groups is 1. The van der Waals surface area contributed by atoms with Crippen molar-refractivity contribution in [2.45, 2.75) is 40.7 Å². The van der Waals surface area contributed by atoms with Crippen LogP contribution in [0, 0.1) is 20.8 Å². The summed E-state index contributed by atoms with van der Waals surface area (Å²) in [4.78, 5) is 17.5. The molecule has 1 aromatic heterocycles. The number of nitrogens with zero attached hydrogens (tertiary/aromatic N) is 3. The third kappa shape index (κ3) is 5.55. The van der Waals surface area contributed by atoms with E-state index >= 15 is 0 Å². The first-order valence-electron chi connectivity index (χ1n) is 10.8. The molecular weight excluding hydrogens is 402 g/mol. The Morgan fingerprint density at radius 1 is 1.12 bits per heavy atom. The fourth-order valence-electron chi connectivity index (χ4n) is 3.63. The molecule has 168 valence electrons. The Bertz CT molecular complexity index is 1120. The van der Waals surface area contributed by atoms with Crippen LogP contribution in [0.1, 0.15) is 39.8 Å². The molecule has 1 heterocycles. The molecule has 0 spiro atoms. The summed E-state index contributed by atoms with van der Waals surface area (Å²) in [5.41, 5.74) is 5.69. The lowest BCUT2D eigenvalue weighted by Gasteiger charge is -2.14. The maximum atomic E-state index is 12.9.